The summed E-state index contributed by atoms with van der Waals surface area (Å²) in [6, 6.07) is 0.643. The van der Waals surface area contributed by atoms with E-state index in [0.717, 1.165) is 12.5 Å². The Morgan fingerprint density at radius 2 is 2.25 bits per heavy atom. The molecule has 0 amide bonds. The Kier molecular flexibility index (Phi) is 3.99. The largest absolute Gasteiger partial charge is 0.316 e. The zero-order chi connectivity index (χ0) is 11.4. The van der Waals surface area contributed by atoms with Gasteiger partial charge in [-0.05, 0) is 25.8 Å². The van der Waals surface area contributed by atoms with Crippen LogP contribution in [0.5, 0.6) is 0 Å². The molecule has 0 saturated heterocycles. The van der Waals surface area contributed by atoms with Gasteiger partial charge in [0.1, 0.15) is 0 Å². The Balaban J connectivity index is 2.08. The van der Waals surface area contributed by atoms with Crippen LogP contribution in [-0.2, 0) is 6.54 Å². The molecule has 3 heteroatoms. The van der Waals surface area contributed by atoms with Crippen molar-refractivity contribution >= 4 is 0 Å². The number of hydrogen-bond acceptors (Lipinski definition) is 2. The van der Waals surface area contributed by atoms with Gasteiger partial charge in [0.25, 0.3) is 0 Å². The van der Waals surface area contributed by atoms with Gasteiger partial charge in [0, 0.05) is 18.3 Å². The first kappa shape index (κ1) is 11.6. The minimum atomic E-state index is 0.643. The third-order valence-corrected chi connectivity index (χ3v) is 3.77. The molecule has 2 atom stereocenters. The molecule has 16 heavy (non-hydrogen) atoms. The van der Waals surface area contributed by atoms with Crippen LogP contribution in [0.25, 0.3) is 0 Å². The average molecular weight is 221 g/mol. The molecule has 1 aliphatic carbocycles. The minimum Gasteiger partial charge on any atom is -0.316 e. The second kappa shape index (κ2) is 5.48. The highest BCUT2D eigenvalue weighted by atomic mass is 15.3. The van der Waals surface area contributed by atoms with Crippen molar-refractivity contribution in [1.29, 1.82) is 0 Å². The molecule has 0 aromatic carbocycles. The van der Waals surface area contributed by atoms with Crippen molar-refractivity contribution in [3.8, 4) is 0 Å². The SMILES string of the molecule is CCC1CCCCC1n1cc(CNC)cn1. The van der Waals surface area contributed by atoms with Gasteiger partial charge in [0.05, 0.1) is 12.2 Å². The van der Waals surface area contributed by atoms with Gasteiger partial charge in [-0.3, -0.25) is 4.68 Å². The van der Waals surface area contributed by atoms with Crippen LogP contribution in [0.15, 0.2) is 12.4 Å². The number of rotatable bonds is 4. The zero-order valence-electron chi connectivity index (χ0n) is 10.4. The highest BCUT2D eigenvalue weighted by molar-refractivity contribution is 5.04. The van der Waals surface area contributed by atoms with Crippen LogP contribution in [-0.4, -0.2) is 16.8 Å². The van der Waals surface area contributed by atoms with E-state index in [0.29, 0.717) is 6.04 Å². The van der Waals surface area contributed by atoms with Gasteiger partial charge >= 0.3 is 0 Å². The number of hydrogen-bond donors (Lipinski definition) is 1. The molecule has 2 unspecified atom stereocenters. The van der Waals surface area contributed by atoms with Crippen molar-refractivity contribution in [2.75, 3.05) is 7.05 Å². The van der Waals surface area contributed by atoms with E-state index < -0.39 is 0 Å². The molecule has 1 aromatic heterocycles. The van der Waals surface area contributed by atoms with E-state index in [9.17, 15) is 0 Å². The first-order valence-corrected chi connectivity index (χ1v) is 6.52. The molecule has 1 saturated carbocycles. The monoisotopic (exact) mass is 221 g/mol. The van der Waals surface area contributed by atoms with Crippen molar-refractivity contribution < 1.29 is 0 Å². The summed E-state index contributed by atoms with van der Waals surface area (Å²) in [6.45, 7) is 3.23. The van der Waals surface area contributed by atoms with Gasteiger partial charge < -0.3 is 5.32 Å². The lowest BCUT2D eigenvalue weighted by atomic mass is 9.83. The summed E-state index contributed by atoms with van der Waals surface area (Å²) in [5.74, 6) is 0.830. The van der Waals surface area contributed by atoms with E-state index in [4.69, 9.17) is 0 Å². The molecule has 1 aromatic rings. The fourth-order valence-corrected chi connectivity index (χ4v) is 2.87. The number of nitrogens with one attached hydrogen (secondary N) is 1. The summed E-state index contributed by atoms with van der Waals surface area (Å²) in [7, 11) is 1.98. The van der Waals surface area contributed by atoms with Gasteiger partial charge in [0.2, 0.25) is 0 Å². The van der Waals surface area contributed by atoms with Crippen LogP contribution in [0.4, 0.5) is 0 Å². The fourth-order valence-electron chi connectivity index (χ4n) is 2.87. The normalized spacial score (nSPS) is 25.9. The molecule has 0 aliphatic heterocycles. The Bertz CT molecular complexity index is 319. The molecule has 90 valence electrons. The molecule has 2 rings (SSSR count). The lowest BCUT2D eigenvalue weighted by Gasteiger charge is -2.30. The first-order valence-electron chi connectivity index (χ1n) is 6.52. The van der Waals surface area contributed by atoms with Gasteiger partial charge in [0.15, 0.2) is 0 Å². The van der Waals surface area contributed by atoms with E-state index >= 15 is 0 Å². The molecule has 0 bridgehead atoms. The molecule has 1 aliphatic rings. The van der Waals surface area contributed by atoms with E-state index in [1.165, 1.54) is 37.7 Å². The molecule has 0 spiro atoms. The molecular weight excluding hydrogens is 198 g/mol. The smallest absolute Gasteiger partial charge is 0.0547 e. The average Bonchev–Trinajstić information content (AvgIpc) is 2.78. The maximum Gasteiger partial charge on any atom is 0.0547 e. The van der Waals surface area contributed by atoms with E-state index in [-0.39, 0.29) is 0 Å². The minimum absolute atomic E-state index is 0.643. The Morgan fingerprint density at radius 3 is 3.00 bits per heavy atom. The van der Waals surface area contributed by atoms with Crippen LogP contribution in [0, 0.1) is 5.92 Å². The number of aromatic nitrogens is 2. The molecule has 3 nitrogen and oxygen atoms in total. The van der Waals surface area contributed by atoms with Gasteiger partial charge in [-0.1, -0.05) is 26.2 Å². The maximum absolute atomic E-state index is 4.53. The highest BCUT2D eigenvalue weighted by Crippen LogP contribution is 2.35. The second-order valence-electron chi connectivity index (χ2n) is 4.88. The summed E-state index contributed by atoms with van der Waals surface area (Å²) in [6.07, 6.45) is 10.9. The third kappa shape index (κ3) is 2.46. The Hall–Kier alpha value is -0.830. The van der Waals surface area contributed by atoms with Crippen LogP contribution in [0.3, 0.4) is 0 Å². The van der Waals surface area contributed by atoms with Gasteiger partial charge in [-0.2, -0.15) is 5.10 Å². The van der Waals surface area contributed by atoms with Crippen molar-refractivity contribution in [1.82, 2.24) is 15.1 Å². The predicted molar refractivity (Wildman–Crippen MR) is 66.3 cm³/mol. The van der Waals surface area contributed by atoms with Crippen LogP contribution >= 0.6 is 0 Å². The molecule has 1 N–H and O–H groups in total. The standard InChI is InChI=1S/C13H23N3/c1-3-12-6-4-5-7-13(12)16-10-11(8-14-2)9-15-16/h9-10,12-14H,3-8H2,1-2H3. The Morgan fingerprint density at radius 1 is 1.44 bits per heavy atom. The molecule has 1 fully saturated rings. The van der Waals surface area contributed by atoms with Crippen LogP contribution < -0.4 is 5.32 Å². The van der Waals surface area contributed by atoms with Gasteiger partial charge in [-0.15, -0.1) is 0 Å². The zero-order valence-corrected chi connectivity index (χ0v) is 10.4. The molecular formula is C13H23N3. The summed E-state index contributed by atoms with van der Waals surface area (Å²) >= 11 is 0. The highest BCUT2D eigenvalue weighted by Gasteiger charge is 2.25. The number of nitrogens with zero attached hydrogens (tertiary/aromatic N) is 2. The van der Waals surface area contributed by atoms with Crippen molar-refractivity contribution in [3.05, 3.63) is 18.0 Å². The van der Waals surface area contributed by atoms with Crippen molar-refractivity contribution in [3.63, 3.8) is 0 Å². The first-order chi connectivity index (χ1) is 7.85. The van der Waals surface area contributed by atoms with Gasteiger partial charge in [-0.25, -0.2) is 0 Å². The van der Waals surface area contributed by atoms with E-state index in [1.807, 2.05) is 13.2 Å². The molecule has 1 heterocycles. The topological polar surface area (TPSA) is 29.9 Å². The molecule has 0 radical (unpaired) electrons. The maximum atomic E-state index is 4.53. The van der Waals surface area contributed by atoms with Crippen LogP contribution in [0.2, 0.25) is 0 Å². The van der Waals surface area contributed by atoms with E-state index in [1.54, 1.807) is 0 Å². The van der Waals surface area contributed by atoms with Crippen LogP contribution in [0.1, 0.15) is 50.6 Å². The Labute approximate surface area is 98.2 Å². The predicted octanol–water partition coefficient (Wildman–Crippen LogP) is 2.74. The van der Waals surface area contributed by atoms with Crippen molar-refractivity contribution in [2.45, 2.75) is 51.6 Å². The lowest BCUT2D eigenvalue weighted by molar-refractivity contribution is 0.217. The second-order valence-corrected chi connectivity index (χ2v) is 4.88. The third-order valence-electron chi connectivity index (χ3n) is 3.77. The summed E-state index contributed by atoms with van der Waals surface area (Å²) in [4.78, 5) is 0. The fraction of sp³-hybridized carbons (Fsp3) is 0.769. The summed E-state index contributed by atoms with van der Waals surface area (Å²) in [5, 5.41) is 7.71. The summed E-state index contributed by atoms with van der Waals surface area (Å²) < 4.78 is 2.21. The van der Waals surface area contributed by atoms with E-state index in [2.05, 4.69) is 28.2 Å². The quantitative estimate of drug-likeness (QED) is 0.847. The lowest BCUT2D eigenvalue weighted by Crippen LogP contribution is -2.23. The van der Waals surface area contributed by atoms with Crippen molar-refractivity contribution in [2.24, 2.45) is 5.92 Å². The summed E-state index contributed by atoms with van der Waals surface area (Å²) in [5.41, 5.74) is 1.29.